The van der Waals surface area contributed by atoms with Crippen molar-refractivity contribution in [2.75, 3.05) is 13.2 Å². The molecule has 5 nitrogen and oxygen atoms in total. The summed E-state index contributed by atoms with van der Waals surface area (Å²) in [6, 6.07) is 6.57. The van der Waals surface area contributed by atoms with Gasteiger partial charge in [0.1, 0.15) is 0 Å². The Kier molecular flexibility index (Phi) is 6.65. The van der Waals surface area contributed by atoms with E-state index in [4.69, 9.17) is 10.4 Å². The number of aryl methyl sites for hydroxylation is 1. The lowest BCUT2D eigenvalue weighted by molar-refractivity contribution is 0.282. The average Bonchev–Trinajstić information content (AvgIpc) is 2.43. The molecule has 0 fully saturated rings. The van der Waals surface area contributed by atoms with E-state index in [0.717, 1.165) is 25.7 Å². The molecular weight excluding hydrogens is 276 g/mol. The van der Waals surface area contributed by atoms with E-state index in [9.17, 15) is 8.42 Å². The molecule has 0 saturated heterocycles. The Morgan fingerprint density at radius 1 is 1.25 bits per heavy atom. The Labute approximate surface area is 120 Å². The van der Waals surface area contributed by atoms with Crippen molar-refractivity contribution in [2.24, 2.45) is 0 Å². The molecule has 0 atom stereocenters. The lowest BCUT2D eigenvalue weighted by atomic mass is 10.2. The second-order valence-electron chi connectivity index (χ2n) is 4.63. The van der Waals surface area contributed by atoms with Gasteiger partial charge in [0.15, 0.2) is 0 Å². The first kappa shape index (κ1) is 16.6. The third-order valence-corrected chi connectivity index (χ3v) is 4.59. The topological polar surface area (TPSA) is 90.2 Å². The first-order valence-corrected chi connectivity index (χ1v) is 8.11. The van der Waals surface area contributed by atoms with Gasteiger partial charge in [-0.1, -0.05) is 18.9 Å². The minimum absolute atomic E-state index is 0.159. The van der Waals surface area contributed by atoms with Gasteiger partial charge < -0.3 is 5.11 Å². The molecule has 0 unspecified atom stereocenters. The monoisotopic (exact) mass is 296 g/mol. The Balaban J connectivity index is 2.63. The Morgan fingerprint density at radius 2 is 1.95 bits per heavy atom. The average molecular weight is 296 g/mol. The molecule has 0 aliphatic carbocycles. The lowest BCUT2D eigenvalue weighted by Crippen LogP contribution is -2.25. The Hall–Kier alpha value is -1.42. The molecular formula is C14H20N2O3S. The number of aliphatic hydroxyl groups is 1. The fourth-order valence-corrected chi connectivity index (χ4v) is 3.18. The van der Waals surface area contributed by atoms with E-state index in [1.54, 1.807) is 19.1 Å². The standard InChI is InChI=1S/C14H20N2O3S/c1-12-6-7-13(11-15)10-14(12)20(18,19)16-8-4-2-3-5-9-17/h6-7,10,16-17H,2-5,8-9H2,1H3. The summed E-state index contributed by atoms with van der Waals surface area (Å²) < 4.78 is 26.8. The summed E-state index contributed by atoms with van der Waals surface area (Å²) in [6.07, 6.45) is 3.24. The number of nitriles is 1. The molecule has 2 N–H and O–H groups in total. The number of benzene rings is 1. The minimum Gasteiger partial charge on any atom is -0.396 e. The van der Waals surface area contributed by atoms with Crippen LogP contribution in [0.3, 0.4) is 0 Å². The molecule has 0 bridgehead atoms. The van der Waals surface area contributed by atoms with Crippen molar-refractivity contribution in [3.63, 3.8) is 0 Å². The van der Waals surface area contributed by atoms with Crippen LogP contribution >= 0.6 is 0 Å². The van der Waals surface area contributed by atoms with Gasteiger partial charge in [-0.15, -0.1) is 0 Å². The number of unbranched alkanes of at least 4 members (excludes halogenated alkanes) is 3. The number of aliphatic hydroxyl groups excluding tert-OH is 1. The van der Waals surface area contributed by atoms with Crippen LogP contribution in [0.2, 0.25) is 0 Å². The molecule has 1 aromatic carbocycles. The van der Waals surface area contributed by atoms with Gasteiger partial charge >= 0.3 is 0 Å². The second-order valence-corrected chi connectivity index (χ2v) is 6.36. The van der Waals surface area contributed by atoms with Crippen LogP contribution in [-0.2, 0) is 10.0 Å². The molecule has 110 valence electrons. The fraction of sp³-hybridized carbons (Fsp3) is 0.500. The smallest absolute Gasteiger partial charge is 0.240 e. The largest absolute Gasteiger partial charge is 0.396 e. The summed E-state index contributed by atoms with van der Waals surface area (Å²) in [5.41, 5.74) is 0.954. The minimum atomic E-state index is -3.57. The van der Waals surface area contributed by atoms with Gasteiger partial charge in [0.25, 0.3) is 0 Å². The first-order valence-electron chi connectivity index (χ1n) is 6.62. The molecule has 1 aromatic rings. The molecule has 0 aliphatic heterocycles. The highest BCUT2D eigenvalue weighted by Gasteiger charge is 2.16. The molecule has 0 amide bonds. The SMILES string of the molecule is Cc1ccc(C#N)cc1S(=O)(=O)NCCCCCCO. The third-order valence-electron chi connectivity index (χ3n) is 2.98. The summed E-state index contributed by atoms with van der Waals surface area (Å²) in [4.78, 5) is 0.159. The zero-order valence-electron chi connectivity index (χ0n) is 11.6. The van der Waals surface area contributed by atoms with Gasteiger partial charge in [-0.05, 0) is 37.5 Å². The van der Waals surface area contributed by atoms with Crippen molar-refractivity contribution in [1.29, 1.82) is 5.26 Å². The van der Waals surface area contributed by atoms with Crippen LogP contribution in [0.25, 0.3) is 0 Å². The summed E-state index contributed by atoms with van der Waals surface area (Å²) in [5, 5.41) is 17.5. The molecule has 0 aliphatic rings. The van der Waals surface area contributed by atoms with Crippen LogP contribution in [0.5, 0.6) is 0 Å². The second kappa shape index (κ2) is 8.00. The van der Waals surface area contributed by atoms with E-state index in [2.05, 4.69) is 4.72 Å². The molecule has 0 saturated carbocycles. The van der Waals surface area contributed by atoms with Crippen LogP contribution in [0.15, 0.2) is 23.1 Å². The summed E-state index contributed by atoms with van der Waals surface area (Å²) in [5.74, 6) is 0. The van der Waals surface area contributed by atoms with Crippen molar-refractivity contribution in [3.8, 4) is 6.07 Å². The number of rotatable bonds is 8. The lowest BCUT2D eigenvalue weighted by Gasteiger charge is -2.09. The summed E-state index contributed by atoms with van der Waals surface area (Å²) >= 11 is 0. The van der Waals surface area contributed by atoms with E-state index < -0.39 is 10.0 Å². The number of hydrogen-bond donors (Lipinski definition) is 2. The van der Waals surface area contributed by atoms with Crippen LogP contribution in [0.1, 0.15) is 36.8 Å². The fourth-order valence-electron chi connectivity index (χ4n) is 1.83. The van der Waals surface area contributed by atoms with E-state index in [1.165, 1.54) is 6.07 Å². The predicted octanol–water partition coefficient (Wildman–Crippen LogP) is 1.70. The van der Waals surface area contributed by atoms with Crippen molar-refractivity contribution in [2.45, 2.75) is 37.5 Å². The van der Waals surface area contributed by atoms with Crippen molar-refractivity contribution < 1.29 is 13.5 Å². The number of nitrogens with one attached hydrogen (secondary N) is 1. The van der Waals surface area contributed by atoms with Crippen molar-refractivity contribution in [3.05, 3.63) is 29.3 Å². The zero-order valence-corrected chi connectivity index (χ0v) is 12.4. The van der Waals surface area contributed by atoms with Gasteiger partial charge in [-0.25, -0.2) is 13.1 Å². The Morgan fingerprint density at radius 3 is 2.60 bits per heavy atom. The van der Waals surface area contributed by atoms with Crippen LogP contribution < -0.4 is 4.72 Å². The number of hydrogen-bond acceptors (Lipinski definition) is 4. The quantitative estimate of drug-likeness (QED) is 0.714. The molecule has 0 spiro atoms. The third kappa shape index (κ3) is 4.93. The predicted molar refractivity (Wildman–Crippen MR) is 76.6 cm³/mol. The van der Waals surface area contributed by atoms with Gasteiger partial charge in [-0.2, -0.15) is 5.26 Å². The molecule has 20 heavy (non-hydrogen) atoms. The van der Waals surface area contributed by atoms with Crippen LogP contribution in [0, 0.1) is 18.3 Å². The van der Waals surface area contributed by atoms with Gasteiger partial charge in [-0.3, -0.25) is 0 Å². The number of nitrogens with zero attached hydrogens (tertiary/aromatic N) is 1. The van der Waals surface area contributed by atoms with Gasteiger partial charge in [0.05, 0.1) is 16.5 Å². The van der Waals surface area contributed by atoms with E-state index >= 15 is 0 Å². The van der Waals surface area contributed by atoms with Crippen molar-refractivity contribution >= 4 is 10.0 Å². The van der Waals surface area contributed by atoms with E-state index in [0.29, 0.717) is 17.7 Å². The maximum absolute atomic E-state index is 12.1. The van der Waals surface area contributed by atoms with Gasteiger partial charge in [0.2, 0.25) is 10.0 Å². The normalized spacial score (nSPS) is 11.2. The van der Waals surface area contributed by atoms with Gasteiger partial charge in [0, 0.05) is 13.2 Å². The molecule has 6 heteroatoms. The molecule has 0 aromatic heterocycles. The summed E-state index contributed by atoms with van der Waals surface area (Å²) in [7, 11) is -3.57. The van der Waals surface area contributed by atoms with E-state index in [1.807, 2.05) is 6.07 Å². The zero-order chi connectivity index (χ0) is 15.0. The maximum Gasteiger partial charge on any atom is 0.240 e. The highest BCUT2D eigenvalue weighted by atomic mass is 32.2. The van der Waals surface area contributed by atoms with Crippen LogP contribution in [-0.4, -0.2) is 26.7 Å². The highest BCUT2D eigenvalue weighted by Crippen LogP contribution is 2.16. The first-order chi connectivity index (χ1) is 9.51. The molecule has 1 rings (SSSR count). The van der Waals surface area contributed by atoms with E-state index in [-0.39, 0.29) is 11.5 Å². The van der Waals surface area contributed by atoms with Crippen LogP contribution in [0.4, 0.5) is 0 Å². The summed E-state index contributed by atoms with van der Waals surface area (Å²) in [6.45, 7) is 2.24. The number of sulfonamides is 1. The highest BCUT2D eigenvalue weighted by molar-refractivity contribution is 7.89. The van der Waals surface area contributed by atoms with Crippen molar-refractivity contribution in [1.82, 2.24) is 4.72 Å². The maximum atomic E-state index is 12.1. The molecule has 0 heterocycles. The molecule has 0 radical (unpaired) electrons. The Bertz CT molecular complexity index is 577.